The minimum Gasteiger partial charge on any atom is -0.450 e. The number of halogens is 5. The van der Waals surface area contributed by atoms with Crippen molar-refractivity contribution in [1.82, 2.24) is 10.8 Å². The lowest BCUT2D eigenvalue weighted by Crippen LogP contribution is -2.42. The molecule has 10 heteroatoms. The van der Waals surface area contributed by atoms with Crippen molar-refractivity contribution >= 4 is 35.0 Å². The Labute approximate surface area is 180 Å². The Bertz CT molecular complexity index is 945. The highest BCUT2D eigenvalue weighted by Crippen LogP contribution is 2.48. The first-order valence-corrected chi connectivity index (χ1v) is 9.60. The summed E-state index contributed by atoms with van der Waals surface area (Å²) in [6.45, 7) is 2.16. The van der Waals surface area contributed by atoms with Gasteiger partial charge in [-0.25, -0.2) is 4.79 Å². The summed E-state index contributed by atoms with van der Waals surface area (Å²) < 4.78 is 46.8. The van der Waals surface area contributed by atoms with E-state index in [2.05, 4.69) is 10.8 Å². The number of rotatable bonds is 5. The van der Waals surface area contributed by atoms with Crippen molar-refractivity contribution in [2.24, 2.45) is 0 Å². The summed E-state index contributed by atoms with van der Waals surface area (Å²) in [5.74, 6) is 0. The highest BCUT2D eigenvalue weighted by atomic mass is 35.5. The molecule has 0 bridgehead atoms. The highest BCUT2D eigenvalue weighted by molar-refractivity contribution is 6.34. The van der Waals surface area contributed by atoms with E-state index in [4.69, 9.17) is 32.8 Å². The number of carbonyl (C=O) groups is 1. The predicted octanol–water partition coefficient (Wildman–Crippen LogP) is 5.57. The Morgan fingerprint density at radius 2 is 1.80 bits per heavy atom. The van der Waals surface area contributed by atoms with Crippen LogP contribution in [0, 0.1) is 0 Å². The first-order valence-electron chi connectivity index (χ1n) is 8.85. The summed E-state index contributed by atoms with van der Waals surface area (Å²) in [5, 5.41) is 2.68. The van der Waals surface area contributed by atoms with Gasteiger partial charge in [0.1, 0.15) is 0 Å². The van der Waals surface area contributed by atoms with Crippen molar-refractivity contribution in [2.75, 3.05) is 6.61 Å². The van der Waals surface area contributed by atoms with Gasteiger partial charge in [-0.05, 0) is 42.3 Å². The maximum Gasteiger partial charge on any atom is 0.428 e. The molecule has 0 saturated heterocycles. The molecule has 1 aliphatic heterocycles. The molecule has 0 fully saturated rings. The topological polar surface area (TPSA) is 59.6 Å². The van der Waals surface area contributed by atoms with E-state index in [-0.39, 0.29) is 34.5 Å². The largest absolute Gasteiger partial charge is 0.450 e. The number of hydroxylamine groups is 1. The molecule has 30 heavy (non-hydrogen) atoms. The zero-order valence-corrected chi connectivity index (χ0v) is 17.2. The Kier molecular flexibility index (Phi) is 6.50. The van der Waals surface area contributed by atoms with Gasteiger partial charge in [-0.3, -0.25) is 10.3 Å². The van der Waals surface area contributed by atoms with Gasteiger partial charge in [0.2, 0.25) is 5.60 Å². The first kappa shape index (κ1) is 22.3. The average molecular weight is 461 g/mol. The van der Waals surface area contributed by atoms with Gasteiger partial charge in [-0.15, -0.1) is 0 Å². The minimum absolute atomic E-state index is 0.0602. The van der Waals surface area contributed by atoms with Crippen molar-refractivity contribution in [3.05, 3.63) is 75.3 Å². The summed E-state index contributed by atoms with van der Waals surface area (Å²) in [4.78, 5) is 16.4. The van der Waals surface area contributed by atoms with Crippen molar-refractivity contribution in [3.8, 4) is 0 Å². The molecule has 0 spiro atoms. The van der Waals surface area contributed by atoms with Gasteiger partial charge < -0.3 is 10.1 Å². The van der Waals surface area contributed by atoms with Crippen LogP contribution in [-0.2, 0) is 21.7 Å². The van der Waals surface area contributed by atoms with Crippen LogP contribution in [0.1, 0.15) is 23.6 Å². The molecule has 0 aromatic heterocycles. The van der Waals surface area contributed by atoms with E-state index < -0.39 is 17.9 Å². The number of hydrogen-bond acceptors (Lipinski definition) is 4. The first-order chi connectivity index (χ1) is 14.1. The van der Waals surface area contributed by atoms with Gasteiger partial charge >= 0.3 is 12.3 Å². The molecule has 1 amide bonds. The van der Waals surface area contributed by atoms with E-state index in [9.17, 15) is 18.0 Å². The van der Waals surface area contributed by atoms with Gasteiger partial charge in [0.05, 0.1) is 12.3 Å². The number of amides is 1. The molecule has 2 aromatic carbocycles. The van der Waals surface area contributed by atoms with Crippen LogP contribution < -0.4 is 10.8 Å². The Morgan fingerprint density at radius 3 is 2.37 bits per heavy atom. The van der Waals surface area contributed by atoms with Crippen molar-refractivity contribution < 1.29 is 27.5 Å². The molecule has 2 N–H and O–H groups in total. The number of benzene rings is 2. The Morgan fingerprint density at radius 1 is 1.17 bits per heavy atom. The molecule has 3 rings (SSSR count). The van der Waals surface area contributed by atoms with E-state index in [0.29, 0.717) is 5.56 Å². The highest BCUT2D eigenvalue weighted by Gasteiger charge is 2.59. The van der Waals surface area contributed by atoms with Crippen LogP contribution >= 0.6 is 23.2 Å². The fourth-order valence-corrected chi connectivity index (χ4v) is 3.44. The normalized spacial score (nSPS) is 18.5. The SMILES string of the molecule is CCOC(=O)NCc1ccc(C2=CC(c3cc(Cl)cc(Cl)c3)(C(F)(F)F)ON2)cc1. The predicted molar refractivity (Wildman–Crippen MR) is 107 cm³/mol. The second kappa shape index (κ2) is 8.75. The molecule has 0 radical (unpaired) electrons. The smallest absolute Gasteiger partial charge is 0.428 e. The molecule has 1 aliphatic rings. The Hall–Kier alpha value is -2.42. The van der Waals surface area contributed by atoms with Crippen molar-refractivity contribution in [3.63, 3.8) is 0 Å². The third-order valence-electron chi connectivity index (χ3n) is 4.36. The van der Waals surface area contributed by atoms with E-state index in [1.165, 1.54) is 6.07 Å². The molecule has 160 valence electrons. The quantitative estimate of drug-likeness (QED) is 0.611. The summed E-state index contributed by atoms with van der Waals surface area (Å²) in [7, 11) is 0. The average Bonchev–Trinajstić information content (AvgIpc) is 3.13. The van der Waals surface area contributed by atoms with Gasteiger partial charge in [-0.1, -0.05) is 47.5 Å². The number of alkyl halides is 3. The maximum absolute atomic E-state index is 14.0. The summed E-state index contributed by atoms with van der Waals surface area (Å²) in [6, 6.07) is 10.2. The zero-order valence-electron chi connectivity index (χ0n) is 15.6. The van der Waals surface area contributed by atoms with Crippen LogP contribution in [0.3, 0.4) is 0 Å². The molecule has 1 heterocycles. The van der Waals surface area contributed by atoms with Gasteiger partial charge in [0.25, 0.3) is 0 Å². The molecular formula is C20H17Cl2F3N2O3. The fourth-order valence-electron chi connectivity index (χ4n) is 2.91. The van der Waals surface area contributed by atoms with Crippen molar-refractivity contribution in [1.29, 1.82) is 0 Å². The lowest BCUT2D eigenvalue weighted by atomic mass is 9.91. The van der Waals surface area contributed by atoms with E-state index >= 15 is 0 Å². The third-order valence-corrected chi connectivity index (χ3v) is 4.80. The summed E-state index contributed by atoms with van der Waals surface area (Å²) in [5.41, 5.74) is 0.710. The number of carbonyl (C=O) groups excluding carboxylic acids is 1. The molecule has 2 aromatic rings. The van der Waals surface area contributed by atoms with E-state index in [0.717, 1.165) is 23.8 Å². The lowest BCUT2D eigenvalue weighted by Gasteiger charge is -2.28. The maximum atomic E-state index is 14.0. The van der Waals surface area contributed by atoms with Crippen molar-refractivity contribution in [2.45, 2.75) is 25.2 Å². The summed E-state index contributed by atoms with van der Waals surface area (Å²) >= 11 is 11.8. The standard InChI is InChI=1S/C20H17Cl2F3N2O3/c1-2-29-18(28)26-11-12-3-5-13(6-4-12)17-10-19(30-27-17,20(23,24)25)14-7-15(21)9-16(22)8-14/h3-10,27H,2,11H2,1H3,(H,26,28). The number of ether oxygens (including phenoxy) is 1. The van der Waals surface area contributed by atoms with Gasteiger partial charge in [-0.2, -0.15) is 13.2 Å². The Balaban J connectivity index is 1.87. The number of nitrogens with one attached hydrogen (secondary N) is 2. The van der Waals surface area contributed by atoms with Gasteiger partial charge in [0.15, 0.2) is 0 Å². The van der Waals surface area contributed by atoms with Gasteiger partial charge in [0, 0.05) is 22.2 Å². The summed E-state index contributed by atoms with van der Waals surface area (Å²) in [6.07, 6.45) is -4.38. The lowest BCUT2D eigenvalue weighted by molar-refractivity contribution is -0.269. The molecular weight excluding hydrogens is 444 g/mol. The van der Waals surface area contributed by atoms with E-state index in [1.54, 1.807) is 31.2 Å². The van der Waals surface area contributed by atoms with Crippen LogP contribution in [0.15, 0.2) is 48.5 Å². The van der Waals surface area contributed by atoms with Crippen LogP contribution in [0.5, 0.6) is 0 Å². The zero-order chi connectivity index (χ0) is 21.9. The molecule has 0 saturated carbocycles. The van der Waals surface area contributed by atoms with Crippen LogP contribution in [0.4, 0.5) is 18.0 Å². The third kappa shape index (κ3) is 4.66. The number of alkyl carbamates (subject to hydrolysis) is 1. The minimum atomic E-state index is -4.78. The van der Waals surface area contributed by atoms with E-state index in [1.807, 2.05) is 0 Å². The second-order valence-electron chi connectivity index (χ2n) is 6.42. The second-order valence-corrected chi connectivity index (χ2v) is 7.30. The monoisotopic (exact) mass is 460 g/mol. The van der Waals surface area contributed by atoms with Crippen LogP contribution in [0.2, 0.25) is 10.0 Å². The van der Waals surface area contributed by atoms with Crippen LogP contribution in [-0.4, -0.2) is 18.9 Å². The molecule has 1 atom stereocenters. The molecule has 1 unspecified atom stereocenters. The number of hydrogen-bond donors (Lipinski definition) is 2. The molecule has 0 aliphatic carbocycles. The van der Waals surface area contributed by atoms with Crippen LogP contribution in [0.25, 0.3) is 5.70 Å². The fraction of sp³-hybridized carbons (Fsp3) is 0.250. The molecule has 5 nitrogen and oxygen atoms in total.